The Morgan fingerprint density at radius 3 is 2.64 bits per heavy atom. The first-order chi connectivity index (χ1) is 13.6. The maximum absolute atomic E-state index is 12.3. The molecular formula is C20H20N4O3S. The zero-order valence-electron chi connectivity index (χ0n) is 15.8. The molecule has 1 heterocycles. The molecule has 3 aromatic rings. The zero-order valence-corrected chi connectivity index (χ0v) is 16.6. The number of benzene rings is 2. The topological polar surface area (TPSA) is 78.6 Å². The first-order valence-electron chi connectivity index (χ1n) is 8.52. The molecule has 0 bridgehead atoms. The monoisotopic (exact) mass is 396 g/mol. The Morgan fingerprint density at radius 1 is 1.14 bits per heavy atom. The van der Waals surface area contributed by atoms with Gasteiger partial charge in [-0.2, -0.15) is 9.78 Å². The molecule has 0 unspecified atom stereocenters. The van der Waals surface area contributed by atoms with Crippen molar-refractivity contribution in [2.75, 3.05) is 13.4 Å². The highest BCUT2D eigenvalue weighted by molar-refractivity contribution is 7.98. The number of hydrogen-bond acceptors (Lipinski definition) is 7. The van der Waals surface area contributed by atoms with Gasteiger partial charge in [-0.05, 0) is 42.5 Å². The summed E-state index contributed by atoms with van der Waals surface area (Å²) in [5.41, 5.74) is 1.82. The van der Waals surface area contributed by atoms with Crippen LogP contribution in [0.25, 0.3) is 0 Å². The number of nitrogens with zero attached hydrogens (tertiary/aromatic N) is 4. The fraction of sp³-hybridized carbons (Fsp3) is 0.200. The smallest absolute Gasteiger partial charge is 0.296 e. The normalized spacial score (nSPS) is 11.0. The highest BCUT2D eigenvalue weighted by Gasteiger charge is 2.08. The van der Waals surface area contributed by atoms with Crippen molar-refractivity contribution >= 4 is 18.0 Å². The molecule has 0 amide bonds. The van der Waals surface area contributed by atoms with Crippen molar-refractivity contribution in [3.8, 4) is 11.5 Å². The lowest BCUT2D eigenvalue weighted by molar-refractivity contribution is 0.284. The van der Waals surface area contributed by atoms with E-state index in [1.807, 2.05) is 48.7 Å². The fourth-order valence-corrected chi connectivity index (χ4v) is 2.84. The van der Waals surface area contributed by atoms with E-state index in [-0.39, 0.29) is 11.3 Å². The first-order valence-corrected chi connectivity index (χ1v) is 9.74. The minimum atomic E-state index is -0.301. The van der Waals surface area contributed by atoms with Crippen molar-refractivity contribution in [1.82, 2.24) is 14.9 Å². The third kappa shape index (κ3) is 4.58. The Morgan fingerprint density at radius 2 is 1.93 bits per heavy atom. The Labute approximate surface area is 167 Å². The van der Waals surface area contributed by atoms with E-state index in [0.717, 1.165) is 11.1 Å². The highest BCUT2D eigenvalue weighted by Crippen LogP contribution is 2.28. The average Bonchev–Trinajstić information content (AvgIpc) is 2.74. The van der Waals surface area contributed by atoms with Gasteiger partial charge >= 0.3 is 0 Å². The number of aromatic nitrogens is 3. The largest absolute Gasteiger partial charge is 0.493 e. The van der Waals surface area contributed by atoms with Crippen LogP contribution in [0.15, 0.2) is 63.6 Å². The summed E-state index contributed by atoms with van der Waals surface area (Å²) >= 11 is 1.30. The van der Waals surface area contributed by atoms with E-state index in [4.69, 9.17) is 9.47 Å². The summed E-state index contributed by atoms with van der Waals surface area (Å²) in [4.78, 5) is 12.3. The predicted molar refractivity (Wildman–Crippen MR) is 110 cm³/mol. The molecule has 0 saturated heterocycles. The van der Waals surface area contributed by atoms with Crippen LogP contribution in [-0.4, -0.2) is 34.5 Å². The SMILES string of the molecule is COc1cc(/C=N\n2c(SC)nnc(C)c2=O)ccc1OCc1ccccc1. The number of rotatable bonds is 7. The lowest BCUT2D eigenvalue weighted by atomic mass is 10.2. The standard InChI is InChI=1S/C20H20N4O3S/c1-14-19(25)24(20(28-3)23-22-14)21-12-16-9-10-17(18(11-16)26-2)27-13-15-7-5-4-6-8-15/h4-12H,13H2,1-3H3/b21-12-. The third-order valence-corrected chi connectivity index (χ3v) is 4.52. The summed E-state index contributed by atoms with van der Waals surface area (Å²) in [6, 6.07) is 15.4. The molecule has 8 heteroatoms. The van der Waals surface area contributed by atoms with Gasteiger partial charge in [-0.15, -0.1) is 10.2 Å². The van der Waals surface area contributed by atoms with E-state index in [1.165, 1.54) is 16.4 Å². The molecule has 0 atom stereocenters. The molecule has 0 saturated carbocycles. The maximum Gasteiger partial charge on any atom is 0.296 e. The fourth-order valence-electron chi connectivity index (χ4n) is 2.42. The van der Waals surface area contributed by atoms with Crippen LogP contribution in [0.3, 0.4) is 0 Å². The highest BCUT2D eigenvalue weighted by atomic mass is 32.2. The minimum absolute atomic E-state index is 0.289. The molecule has 0 radical (unpaired) electrons. The van der Waals surface area contributed by atoms with E-state index < -0.39 is 0 Å². The van der Waals surface area contributed by atoms with Crippen LogP contribution in [0.5, 0.6) is 11.5 Å². The summed E-state index contributed by atoms with van der Waals surface area (Å²) in [5.74, 6) is 1.22. The van der Waals surface area contributed by atoms with Crippen LogP contribution in [-0.2, 0) is 6.61 Å². The molecule has 0 aliphatic heterocycles. The van der Waals surface area contributed by atoms with Crippen LogP contribution in [0, 0.1) is 6.92 Å². The molecule has 0 fully saturated rings. The van der Waals surface area contributed by atoms with Crippen molar-refractivity contribution in [3.63, 3.8) is 0 Å². The Balaban J connectivity index is 1.82. The van der Waals surface area contributed by atoms with Crippen LogP contribution >= 0.6 is 11.8 Å². The second-order valence-corrected chi connectivity index (χ2v) is 6.59. The van der Waals surface area contributed by atoms with Crippen LogP contribution in [0.4, 0.5) is 0 Å². The van der Waals surface area contributed by atoms with Gasteiger partial charge in [0.05, 0.1) is 13.3 Å². The Kier molecular flexibility index (Phi) is 6.44. The Hall–Kier alpha value is -3.13. The summed E-state index contributed by atoms with van der Waals surface area (Å²) in [6.45, 7) is 2.05. The lowest BCUT2D eigenvalue weighted by Gasteiger charge is -2.11. The van der Waals surface area contributed by atoms with E-state index in [9.17, 15) is 4.79 Å². The molecule has 7 nitrogen and oxygen atoms in total. The average molecular weight is 396 g/mol. The number of aryl methyl sites for hydroxylation is 1. The number of thioether (sulfide) groups is 1. The van der Waals surface area contributed by atoms with Crippen molar-refractivity contribution in [2.24, 2.45) is 5.10 Å². The molecule has 0 N–H and O–H groups in total. The first kappa shape index (κ1) is 19.6. The summed E-state index contributed by atoms with van der Waals surface area (Å²) in [6.07, 6.45) is 3.39. The third-order valence-electron chi connectivity index (χ3n) is 3.90. The second-order valence-electron chi connectivity index (χ2n) is 5.82. The number of methoxy groups -OCH3 is 1. The van der Waals surface area contributed by atoms with Gasteiger partial charge in [-0.1, -0.05) is 42.1 Å². The van der Waals surface area contributed by atoms with Gasteiger partial charge in [0.1, 0.15) is 12.3 Å². The van der Waals surface area contributed by atoms with E-state index in [1.54, 1.807) is 26.3 Å². The van der Waals surface area contributed by atoms with Gasteiger partial charge in [-0.25, -0.2) is 0 Å². The van der Waals surface area contributed by atoms with Gasteiger partial charge in [0.15, 0.2) is 11.5 Å². The van der Waals surface area contributed by atoms with E-state index in [2.05, 4.69) is 15.3 Å². The Bertz CT molecular complexity index is 1040. The molecule has 144 valence electrons. The van der Waals surface area contributed by atoms with Gasteiger partial charge in [0.25, 0.3) is 5.56 Å². The number of ether oxygens (including phenoxy) is 2. The van der Waals surface area contributed by atoms with Gasteiger partial charge < -0.3 is 9.47 Å². The molecule has 0 spiro atoms. The maximum atomic E-state index is 12.3. The predicted octanol–water partition coefficient (Wildman–Crippen LogP) is 3.14. The van der Waals surface area contributed by atoms with E-state index >= 15 is 0 Å². The summed E-state index contributed by atoms with van der Waals surface area (Å²) < 4.78 is 12.5. The van der Waals surface area contributed by atoms with Crippen LogP contribution in [0.2, 0.25) is 0 Å². The van der Waals surface area contributed by atoms with Crippen LogP contribution in [0.1, 0.15) is 16.8 Å². The summed E-state index contributed by atoms with van der Waals surface area (Å²) in [5, 5.41) is 12.5. The second kappa shape index (κ2) is 9.18. The molecule has 0 aliphatic rings. The van der Waals surface area contributed by atoms with Crippen LogP contribution < -0.4 is 15.0 Å². The molecular weight excluding hydrogens is 376 g/mol. The van der Waals surface area contributed by atoms with E-state index in [0.29, 0.717) is 23.3 Å². The molecule has 2 aromatic carbocycles. The minimum Gasteiger partial charge on any atom is -0.493 e. The number of hydrogen-bond donors (Lipinski definition) is 0. The summed E-state index contributed by atoms with van der Waals surface area (Å²) in [7, 11) is 1.58. The van der Waals surface area contributed by atoms with Crippen molar-refractivity contribution in [1.29, 1.82) is 0 Å². The lowest BCUT2D eigenvalue weighted by Crippen LogP contribution is -2.23. The molecule has 3 rings (SSSR count). The quantitative estimate of drug-likeness (QED) is 0.451. The molecule has 28 heavy (non-hydrogen) atoms. The zero-order chi connectivity index (χ0) is 19.9. The van der Waals surface area contributed by atoms with Gasteiger partial charge in [0.2, 0.25) is 5.16 Å². The molecule has 0 aliphatic carbocycles. The van der Waals surface area contributed by atoms with Crippen molar-refractivity contribution in [2.45, 2.75) is 18.7 Å². The van der Waals surface area contributed by atoms with Crippen molar-refractivity contribution < 1.29 is 9.47 Å². The molecule has 1 aromatic heterocycles. The van der Waals surface area contributed by atoms with Gasteiger partial charge in [-0.3, -0.25) is 4.79 Å². The van der Waals surface area contributed by atoms with Gasteiger partial charge in [0, 0.05) is 0 Å². The van der Waals surface area contributed by atoms with Crippen molar-refractivity contribution in [3.05, 3.63) is 75.7 Å².